The number of nitrogens with zero attached hydrogens (tertiary/aromatic N) is 1. The second-order valence-electron chi connectivity index (χ2n) is 3.45. The van der Waals surface area contributed by atoms with E-state index in [-0.39, 0.29) is 11.8 Å². The van der Waals surface area contributed by atoms with E-state index < -0.39 is 5.97 Å². The Morgan fingerprint density at radius 2 is 2.06 bits per heavy atom. The molecule has 0 aliphatic rings. The van der Waals surface area contributed by atoms with Gasteiger partial charge in [0, 0.05) is 17.6 Å². The lowest BCUT2D eigenvalue weighted by Gasteiger charge is -1.99. The summed E-state index contributed by atoms with van der Waals surface area (Å²) < 4.78 is 9.92. The van der Waals surface area contributed by atoms with Gasteiger partial charge in [-0.05, 0) is 12.1 Å². The molecule has 1 aromatic heterocycles. The van der Waals surface area contributed by atoms with E-state index in [1.54, 1.807) is 31.3 Å². The fourth-order valence-corrected chi connectivity index (χ4v) is 1.59. The summed E-state index contributed by atoms with van der Waals surface area (Å²) in [5.41, 5.74) is 1.15. The molecule has 2 aromatic rings. The van der Waals surface area contributed by atoms with Gasteiger partial charge in [-0.2, -0.15) is 4.98 Å². The number of oxazole rings is 1. The molecule has 0 spiro atoms. The van der Waals surface area contributed by atoms with Gasteiger partial charge in [-0.25, -0.2) is 4.79 Å². The first-order valence-corrected chi connectivity index (χ1v) is 5.56. The zero-order chi connectivity index (χ0) is 13.1. The van der Waals surface area contributed by atoms with Gasteiger partial charge < -0.3 is 14.5 Å². The van der Waals surface area contributed by atoms with Crippen LogP contribution in [-0.4, -0.2) is 25.1 Å². The third-order valence-electron chi connectivity index (χ3n) is 2.33. The van der Waals surface area contributed by atoms with E-state index in [0.29, 0.717) is 10.7 Å². The number of halogens is 1. The molecule has 6 heteroatoms. The van der Waals surface area contributed by atoms with Crippen LogP contribution in [0, 0.1) is 0 Å². The van der Waals surface area contributed by atoms with Crippen LogP contribution in [0.4, 0.5) is 6.01 Å². The van der Waals surface area contributed by atoms with E-state index in [1.807, 2.05) is 0 Å². The maximum atomic E-state index is 11.6. The van der Waals surface area contributed by atoms with Crippen LogP contribution in [-0.2, 0) is 4.74 Å². The Kier molecular flexibility index (Phi) is 3.53. The van der Waals surface area contributed by atoms with Crippen molar-refractivity contribution < 1.29 is 13.9 Å². The smallest absolute Gasteiger partial charge is 0.376 e. The predicted molar refractivity (Wildman–Crippen MR) is 67.8 cm³/mol. The lowest BCUT2D eigenvalue weighted by molar-refractivity contribution is 0.0567. The zero-order valence-corrected chi connectivity index (χ0v) is 10.6. The van der Waals surface area contributed by atoms with E-state index >= 15 is 0 Å². The van der Waals surface area contributed by atoms with Gasteiger partial charge in [0.1, 0.15) is 5.69 Å². The minimum atomic E-state index is -0.575. The van der Waals surface area contributed by atoms with Crippen LogP contribution in [0.5, 0.6) is 0 Å². The van der Waals surface area contributed by atoms with Crippen molar-refractivity contribution in [1.82, 2.24) is 4.98 Å². The Morgan fingerprint density at radius 1 is 1.39 bits per heavy atom. The number of benzene rings is 1. The maximum Gasteiger partial charge on any atom is 0.376 e. The fourth-order valence-electron chi connectivity index (χ4n) is 1.46. The highest BCUT2D eigenvalue weighted by atomic mass is 35.5. The minimum absolute atomic E-state index is 0.0594. The van der Waals surface area contributed by atoms with Crippen molar-refractivity contribution in [2.24, 2.45) is 0 Å². The van der Waals surface area contributed by atoms with E-state index in [4.69, 9.17) is 16.0 Å². The number of hydrogen-bond acceptors (Lipinski definition) is 5. The number of aromatic nitrogens is 1. The zero-order valence-electron chi connectivity index (χ0n) is 9.86. The summed E-state index contributed by atoms with van der Waals surface area (Å²) in [5, 5.41) is 3.34. The number of carbonyl (C=O) groups is 1. The minimum Gasteiger partial charge on any atom is -0.463 e. The second kappa shape index (κ2) is 5.10. The predicted octanol–water partition coefficient (Wildman–Crippen LogP) is 2.82. The lowest BCUT2D eigenvalue weighted by Crippen LogP contribution is -2.01. The van der Waals surface area contributed by atoms with Crippen LogP contribution in [0.1, 0.15) is 10.6 Å². The van der Waals surface area contributed by atoms with Crippen molar-refractivity contribution in [3.63, 3.8) is 0 Å². The van der Waals surface area contributed by atoms with Crippen molar-refractivity contribution in [2.75, 3.05) is 19.5 Å². The van der Waals surface area contributed by atoms with E-state index in [2.05, 4.69) is 15.0 Å². The Morgan fingerprint density at radius 3 is 2.61 bits per heavy atom. The largest absolute Gasteiger partial charge is 0.463 e. The normalized spacial score (nSPS) is 10.2. The summed E-state index contributed by atoms with van der Waals surface area (Å²) in [6.07, 6.45) is 0. The average molecular weight is 267 g/mol. The average Bonchev–Trinajstić information content (AvgIpc) is 2.83. The number of esters is 1. The highest BCUT2D eigenvalue weighted by Gasteiger charge is 2.21. The molecule has 2 rings (SSSR count). The third kappa shape index (κ3) is 2.31. The molecular weight excluding hydrogens is 256 g/mol. The van der Waals surface area contributed by atoms with Crippen molar-refractivity contribution >= 4 is 23.6 Å². The molecular formula is C12H11ClN2O3. The van der Waals surface area contributed by atoms with E-state index in [9.17, 15) is 4.79 Å². The molecule has 1 aromatic carbocycles. The molecule has 1 N–H and O–H groups in total. The quantitative estimate of drug-likeness (QED) is 0.866. The first-order chi connectivity index (χ1) is 8.65. The Labute approximate surface area is 109 Å². The number of carbonyl (C=O) groups excluding carboxylic acids is 1. The van der Waals surface area contributed by atoms with Crippen molar-refractivity contribution in [3.8, 4) is 11.3 Å². The first kappa shape index (κ1) is 12.4. The maximum absolute atomic E-state index is 11.6. The molecule has 18 heavy (non-hydrogen) atoms. The van der Waals surface area contributed by atoms with Crippen LogP contribution in [0.15, 0.2) is 28.7 Å². The van der Waals surface area contributed by atoms with Gasteiger partial charge in [0.15, 0.2) is 0 Å². The van der Waals surface area contributed by atoms with Crippen LogP contribution in [0.25, 0.3) is 11.3 Å². The van der Waals surface area contributed by atoms with Crippen molar-refractivity contribution in [2.45, 2.75) is 0 Å². The van der Waals surface area contributed by atoms with Gasteiger partial charge in [-0.1, -0.05) is 23.7 Å². The monoisotopic (exact) mass is 266 g/mol. The Balaban J connectivity index is 2.51. The number of anilines is 1. The molecule has 0 atom stereocenters. The van der Waals surface area contributed by atoms with Crippen LogP contribution < -0.4 is 5.32 Å². The Bertz CT molecular complexity index is 563. The molecule has 0 saturated heterocycles. The summed E-state index contributed by atoms with van der Waals surface area (Å²) in [4.78, 5) is 15.8. The van der Waals surface area contributed by atoms with E-state index in [1.165, 1.54) is 7.11 Å². The number of rotatable bonds is 3. The molecule has 0 aliphatic heterocycles. The second-order valence-corrected chi connectivity index (χ2v) is 3.88. The third-order valence-corrected chi connectivity index (χ3v) is 2.58. The summed E-state index contributed by atoms with van der Waals surface area (Å²) in [5.74, 6) is -0.516. The molecule has 0 radical (unpaired) electrons. The molecule has 94 valence electrons. The van der Waals surface area contributed by atoms with Crippen LogP contribution >= 0.6 is 11.6 Å². The first-order valence-electron chi connectivity index (χ1n) is 5.18. The molecule has 0 amide bonds. The molecule has 0 saturated carbocycles. The van der Waals surface area contributed by atoms with Crippen LogP contribution in [0.2, 0.25) is 5.02 Å². The topological polar surface area (TPSA) is 64.4 Å². The highest BCUT2D eigenvalue weighted by molar-refractivity contribution is 6.30. The Hall–Kier alpha value is -2.01. The van der Waals surface area contributed by atoms with Crippen molar-refractivity contribution in [1.29, 1.82) is 0 Å². The van der Waals surface area contributed by atoms with Gasteiger partial charge in [-0.3, -0.25) is 0 Å². The summed E-state index contributed by atoms with van der Waals surface area (Å²) in [6, 6.07) is 7.19. The molecule has 1 heterocycles. The highest BCUT2D eigenvalue weighted by Crippen LogP contribution is 2.27. The summed E-state index contributed by atoms with van der Waals surface area (Å²) >= 11 is 5.81. The van der Waals surface area contributed by atoms with Gasteiger partial charge >= 0.3 is 5.97 Å². The lowest BCUT2D eigenvalue weighted by atomic mass is 10.1. The van der Waals surface area contributed by atoms with Crippen molar-refractivity contribution in [3.05, 3.63) is 35.0 Å². The number of hydrogen-bond donors (Lipinski definition) is 1. The van der Waals surface area contributed by atoms with E-state index in [0.717, 1.165) is 5.56 Å². The molecule has 5 nitrogen and oxygen atoms in total. The molecule has 0 aliphatic carbocycles. The number of methoxy groups -OCH3 is 1. The van der Waals surface area contributed by atoms with Crippen LogP contribution in [0.3, 0.4) is 0 Å². The summed E-state index contributed by atoms with van der Waals surface area (Å²) in [6.45, 7) is 0. The SMILES string of the molecule is CNc1nc(-c2ccc(Cl)cc2)c(C(=O)OC)o1. The molecule has 0 unspecified atom stereocenters. The summed E-state index contributed by atoms with van der Waals surface area (Å²) in [7, 11) is 2.94. The number of ether oxygens (including phenoxy) is 1. The van der Waals surface area contributed by atoms with Gasteiger partial charge in [-0.15, -0.1) is 0 Å². The number of nitrogens with one attached hydrogen (secondary N) is 1. The fraction of sp³-hybridized carbons (Fsp3) is 0.167. The van der Waals surface area contributed by atoms with Gasteiger partial charge in [0.05, 0.1) is 7.11 Å². The molecule has 0 fully saturated rings. The standard InChI is InChI=1S/C12H11ClN2O3/c1-14-12-15-9(10(18-12)11(16)17-2)7-3-5-8(13)6-4-7/h3-6H,1-2H3,(H,14,15). The molecule has 0 bridgehead atoms. The van der Waals surface area contributed by atoms with Gasteiger partial charge in [0.25, 0.3) is 6.01 Å². The van der Waals surface area contributed by atoms with Gasteiger partial charge in [0.2, 0.25) is 5.76 Å².